The molecular formula is C12H11N3O3S. The number of carbonyl (C=O) groups excluding carboxylic acids is 1. The minimum absolute atomic E-state index is 0.0570. The number of rotatable bonds is 3. The molecule has 19 heavy (non-hydrogen) atoms. The van der Waals surface area contributed by atoms with E-state index in [1.165, 1.54) is 23.4 Å². The molecule has 0 aliphatic carbocycles. The molecule has 98 valence electrons. The van der Waals surface area contributed by atoms with Crippen molar-refractivity contribution in [2.45, 2.75) is 0 Å². The van der Waals surface area contributed by atoms with Gasteiger partial charge in [-0.15, -0.1) is 11.3 Å². The molecule has 3 N–H and O–H groups in total. The van der Waals surface area contributed by atoms with E-state index in [4.69, 9.17) is 10.8 Å². The number of para-hydroxylation sites is 1. The van der Waals surface area contributed by atoms with Crippen LogP contribution in [0.5, 0.6) is 0 Å². The molecule has 0 aliphatic rings. The molecule has 0 saturated heterocycles. The highest BCUT2D eigenvalue weighted by Crippen LogP contribution is 2.22. The summed E-state index contributed by atoms with van der Waals surface area (Å²) in [5.41, 5.74) is 6.04. The molecule has 7 heteroatoms. The summed E-state index contributed by atoms with van der Waals surface area (Å²) in [5, 5.41) is 10.9. The van der Waals surface area contributed by atoms with Gasteiger partial charge in [-0.05, 0) is 12.1 Å². The van der Waals surface area contributed by atoms with Crippen LogP contribution in [0.3, 0.4) is 0 Å². The number of benzene rings is 1. The predicted molar refractivity (Wildman–Crippen MR) is 72.7 cm³/mol. The average Bonchev–Trinajstić information content (AvgIpc) is 2.83. The standard InChI is InChI=1S/C12H11N3O3S/c1-15(10(16)8-6-19-12(13)14-8)9-5-3-2-4-7(9)11(17)18/h2-6H,1H3,(H2,13,14)(H,17,18). The van der Waals surface area contributed by atoms with Gasteiger partial charge in [0.1, 0.15) is 5.69 Å². The summed E-state index contributed by atoms with van der Waals surface area (Å²) in [6.45, 7) is 0. The third-order valence-corrected chi connectivity index (χ3v) is 3.22. The number of anilines is 2. The largest absolute Gasteiger partial charge is 0.478 e. The Labute approximate surface area is 113 Å². The summed E-state index contributed by atoms with van der Waals surface area (Å²) in [5.74, 6) is -1.49. The zero-order chi connectivity index (χ0) is 14.0. The van der Waals surface area contributed by atoms with Gasteiger partial charge in [0.05, 0.1) is 11.3 Å². The average molecular weight is 277 g/mol. The van der Waals surface area contributed by atoms with Crippen molar-refractivity contribution in [1.29, 1.82) is 0 Å². The van der Waals surface area contributed by atoms with Crippen LogP contribution < -0.4 is 10.6 Å². The SMILES string of the molecule is CN(C(=O)c1csc(N)n1)c1ccccc1C(=O)O. The summed E-state index contributed by atoms with van der Waals surface area (Å²) in [6.07, 6.45) is 0. The number of carbonyl (C=O) groups is 2. The fourth-order valence-corrected chi connectivity index (χ4v) is 2.15. The summed E-state index contributed by atoms with van der Waals surface area (Å²) in [6, 6.07) is 6.28. The lowest BCUT2D eigenvalue weighted by molar-refractivity contribution is 0.0697. The summed E-state index contributed by atoms with van der Waals surface area (Å²) >= 11 is 1.16. The van der Waals surface area contributed by atoms with Crippen LogP contribution in [0.25, 0.3) is 0 Å². The molecule has 0 saturated carbocycles. The highest BCUT2D eigenvalue weighted by atomic mass is 32.1. The van der Waals surface area contributed by atoms with Gasteiger partial charge in [0.25, 0.3) is 5.91 Å². The Morgan fingerprint density at radius 3 is 2.63 bits per heavy atom. The van der Waals surface area contributed by atoms with E-state index in [1.807, 2.05) is 0 Å². The number of nitrogen functional groups attached to an aromatic ring is 1. The molecule has 1 aromatic heterocycles. The smallest absolute Gasteiger partial charge is 0.337 e. The molecule has 0 atom stereocenters. The lowest BCUT2D eigenvalue weighted by Gasteiger charge is -2.18. The first-order valence-corrected chi connectivity index (χ1v) is 6.20. The van der Waals surface area contributed by atoms with Gasteiger partial charge >= 0.3 is 5.97 Å². The Morgan fingerprint density at radius 1 is 1.37 bits per heavy atom. The third kappa shape index (κ3) is 2.55. The number of carboxylic acids is 1. The maximum atomic E-state index is 12.2. The van der Waals surface area contributed by atoms with Crippen molar-refractivity contribution in [2.75, 3.05) is 17.7 Å². The zero-order valence-corrected chi connectivity index (χ0v) is 10.8. The van der Waals surface area contributed by atoms with E-state index >= 15 is 0 Å². The van der Waals surface area contributed by atoms with E-state index in [1.54, 1.807) is 18.2 Å². The number of nitrogens with two attached hydrogens (primary N) is 1. The van der Waals surface area contributed by atoms with Gasteiger partial charge in [0.2, 0.25) is 0 Å². The number of thiazole rings is 1. The molecule has 0 unspecified atom stereocenters. The minimum atomic E-state index is -1.09. The quantitative estimate of drug-likeness (QED) is 0.890. The minimum Gasteiger partial charge on any atom is -0.478 e. The van der Waals surface area contributed by atoms with Crippen molar-refractivity contribution in [2.24, 2.45) is 0 Å². The number of aromatic nitrogens is 1. The van der Waals surface area contributed by atoms with Crippen LogP contribution in [0.2, 0.25) is 0 Å². The second kappa shape index (κ2) is 5.07. The van der Waals surface area contributed by atoms with Crippen LogP contribution >= 0.6 is 11.3 Å². The normalized spacial score (nSPS) is 10.2. The summed E-state index contributed by atoms with van der Waals surface area (Å²) in [7, 11) is 1.50. The van der Waals surface area contributed by atoms with Crippen LogP contribution in [0.1, 0.15) is 20.8 Å². The Bertz CT molecular complexity index is 639. The van der Waals surface area contributed by atoms with Crippen LogP contribution in [0.15, 0.2) is 29.6 Å². The number of nitrogens with zero attached hydrogens (tertiary/aromatic N) is 2. The van der Waals surface area contributed by atoms with Gasteiger partial charge in [0.15, 0.2) is 5.13 Å². The highest BCUT2D eigenvalue weighted by molar-refractivity contribution is 7.13. The van der Waals surface area contributed by atoms with E-state index in [-0.39, 0.29) is 11.3 Å². The maximum Gasteiger partial charge on any atom is 0.337 e. The number of hydrogen-bond acceptors (Lipinski definition) is 5. The number of aromatic carboxylic acids is 1. The first-order valence-electron chi connectivity index (χ1n) is 5.32. The van der Waals surface area contributed by atoms with Crippen molar-refractivity contribution < 1.29 is 14.7 Å². The lowest BCUT2D eigenvalue weighted by Crippen LogP contribution is -2.28. The number of amides is 1. The van der Waals surface area contributed by atoms with Crippen LogP contribution in [-0.4, -0.2) is 29.0 Å². The fraction of sp³-hybridized carbons (Fsp3) is 0.0833. The van der Waals surface area contributed by atoms with E-state index in [0.717, 1.165) is 11.3 Å². The maximum absolute atomic E-state index is 12.2. The van der Waals surface area contributed by atoms with Crippen LogP contribution in [0, 0.1) is 0 Å². The van der Waals surface area contributed by atoms with Crippen molar-refractivity contribution >= 4 is 34.0 Å². The van der Waals surface area contributed by atoms with Gasteiger partial charge in [-0.1, -0.05) is 12.1 Å². The summed E-state index contributed by atoms with van der Waals surface area (Å²) in [4.78, 5) is 28.4. The second-order valence-corrected chi connectivity index (χ2v) is 4.65. The van der Waals surface area contributed by atoms with E-state index in [2.05, 4.69) is 4.98 Å². The van der Waals surface area contributed by atoms with Crippen molar-refractivity contribution in [1.82, 2.24) is 4.98 Å². The monoisotopic (exact) mass is 277 g/mol. The highest BCUT2D eigenvalue weighted by Gasteiger charge is 2.20. The second-order valence-electron chi connectivity index (χ2n) is 3.76. The van der Waals surface area contributed by atoms with Crippen molar-refractivity contribution in [3.8, 4) is 0 Å². The Morgan fingerprint density at radius 2 is 2.05 bits per heavy atom. The van der Waals surface area contributed by atoms with E-state index in [0.29, 0.717) is 10.8 Å². The van der Waals surface area contributed by atoms with Gasteiger partial charge < -0.3 is 15.7 Å². The predicted octanol–water partition coefficient (Wildman–Crippen LogP) is 1.70. The van der Waals surface area contributed by atoms with Gasteiger partial charge in [-0.25, -0.2) is 9.78 Å². The molecule has 0 bridgehead atoms. The Hall–Kier alpha value is -2.41. The Balaban J connectivity index is 2.37. The molecule has 1 aromatic carbocycles. The molecule has 0 aliphatic heterocycles. The number of carboxylic acid groups (broad SMARTS) is 1. The van der Waals surface area contributed by atoms with E-state index < -0.39 is 11.9 Å². The third-order valence-electron chi connectivity index (χ3n) is 2.54. The van der Waals surface area contributed by atoms with Crippen LogP contribution in [-0.2, 0) is 0 Å². The molecule has 0 fully saturated rings. The molecule has 0 spiro atoms. The molecule has 6 nitrogen and oxygen atoms in total. The molecule has 2 rings (SSSR count). The van der Waals surface area contributed by atoms with Crippen molar-refractivity contribution in [3.05, 3.63) is 40.9 Å². The van der Waals surface area contributed by atoms with Gasteiger partial charge in [0, 0.05) is 12.4 Å². The number of hydrogen-bond donors (Lipinski definition) is 2. The fourth-order valence-electron chi connectivity index (χ4n) is 1.61. The molecule has 0 radical (unpaired) electrons. The summed E-state index contributed by atoms with van der Waals surface area (Å²) < 4.78 is 0. The Kier molecular flexibility index (Phi) is 3.48. The van der Waals surface area contributed by atoms with Crippen LogP contribution in [0.4, 0.5) is 10.8 Å². The van der Waals surface area contributed by atoms with E-state index in [9.17, 15) is 9.59 Å². The first kappa shape index (κ1) is 13.0. The van der Waals surface area contributed by atoms with Crippen molar-refractivity contribution in [3.63, 3.8) is 0 Å². The lowest BCUT2D eigenvalue weighted by atomic mass is 10.1. The molecule has 2 aromatic rings. The topological polar surface area (TPSA) is 96.5 Å². The zero-order valence-electron chi connectivity index (χ0n) is 10.0. The first-order chi connectivity index (χ1) is 9.00. The molecule has 1 heterocycles. The molecular weight excluding hydrogens is 266 g/mol. The van der Waals surface area contributed by atoms with Gasteiger partial charge in [-0.2, -0.15) is 0 Å². The van der Waals surface area contributed by atoms with Gasteiger partial charge in [-0.3, -0.25) is 4.79 Å². The molecule has 1 amide bonds.